The van der Waals surface area contributed by atoms with E-state index in [1.54, 1.807) is 11.3 Å². The summed E-state index contributed by atoms with van der Waals surface area (Å²) in [7, 11) is 0. The van der Waals surface area contributed by atoms with Gasteiger partial charge in [-0.15, -0.1) is 21.5 Å². The van der Waals surface area contributed by atoms with Crippen molar-refractivity contribution in [2.75, 3.05) is 0 Å². The van der Waals surface area contributed by atoms with Gasteiger partial charge in [-0.2, -0.15) is 0 Å². The highest BCUT2D eigenvalue weighted by Gasteiger charge is 2.11. The molecule has 0 saturated carbocycles. The topological polar surface area (TPSA) is 63.8 Å². The van der Waals surface area contributed by atoms with Gasteiger partial charge in [-0.05, 0) is 35.0 Å². The minimum atomic E-state index is 0.518. The molecule has 1 aromatic carbocycles. The monoisotopic (exact) mass is 364 g/mol. The highest BCUT2D eigenvalue weighted by atomic mass is 79.9. The normalized spacial score (nSPS) is 11.0. The number of aryl methyl sites for hydroxylation is 1. The van der Waals surface area contributed by atoms with Gasteiger partial charge < -0.3 is 9.73 Å². The second-order valence-electron chi connectivity index (χ2n) is 4.47. The van der Waals surface area contributed by atoms with Crippen LogP contribution in [0.25, 0.3) is 11.5 Å². The fraction of sp³-hybridized carbons (Fsp3) is 0.214. The molecule has 0 aliphatic carbocycles. The van der Waals surface area contributed by atoms with Crippen LogP contribution >= 0.6 is 27.3 Å². The summed E-state index contributed by atoms with van der Waals surface area (Å²) in [4.78, 5) is 4.39. The van der Waals surface area contributed by atoms with Crippen molar-refractivity contribution in [2.45, 2.75) is 20.0 Å². The van der Waals surface area contributed by atoms with E-state index in [2.05, 4.69) is 36.4 Å². The molecule has 7 heteroatoms. The smallest absolute Gasteiger partial charge is 0.248 e. The lowest BCUT2D eigenvalue weighted by Gasteiger charge is -1.99. The van der Waals surface area contributed by atoms with E-state index >= 15 is 0 Å². The Balaban J connectivity index is 1.62. The van der Waals surface area contributed by atoms with Crippen molar-refractivity contribution in [3.05, 3.63) is 50.7 Å². The van der Waals surface area contributed by atoms with Gasteiger partial charge in [-0.1, -0.05) is 12.1 Å². The molecule has 0 aliphatic rings. The zero-order valence-electron chi connectivity index (χ0n) is 11.3. The largest absolute Gasteiger partial charge is 0.419 e. The number of rotatable bonds is 5. The molecule has 5 nitrogen and oxygen atoms in total. The van der Waals surface area contributed by atoms with Gasteiger partial charge in [0.2, 0.25) is 11.8 Å². The van der Waals surface area contributed by atoms with Crippen LogP contribution in [-0.4, -0.2) is 15.2 Å². The molecule has 0 radical (unpaired) electrons. The van der Waals surface area contributed by atoms with Crippen molar-refractivity contribution < 1.29 is 4.42 Å². The number of nitrogens with one attached hydrogen (secondary N) is 1. The molecule has 1 N–H and O–H groups in total. The van der Waals surface area contributed by atoms with Crippen molar-refractivity contribution in [1.82, 2.24) is 20.5 Å². The number of benzene rings is 1. The van der Waals surface area contributed by atoms with Gasteiger partial charge in [0.25, 0.3) is 0 Å². The van der Waals surface area contributed by atoms with Crippen LogP contribution in [0.4, 0.5) is 0 Å². The van der Waals surface area contributed by atoms with Crippen molar-refractivity contribution >= 4 is 27.3 Å². The third-order valence-corrected chi connectivity index (χ3v) is 4.45. The molecule has 3 aromatic rings. The van der Waals surface area contributed by atoms with Crippen molar-refractivity contribution in [2.24, 2.45) is 0 Å². The molecule has 0 unspecified atom stereocenters. The molecule has 2 aromatic heterocycles. The van der Waals surface area contributed by atoms with E-state index in [4.69, 9.17) is 4.42 Å². The molecule has 21 heavy (non-hydrogen) atoms. The Morgan fingerprint density at radius 2 is 2.10 bits per heavy atom. The van der Waals surface area contributed by atoms with Crippen LogP contribution in [-0.2, 0) is 13.1 Å². The summed E-state index contributed by atoms with van der Waals surface area (Å²) in [6.45, 7) is 3.21. The first-order valence-electron chi connectivity index (χ1n) is 6.41. The Labute approximate surface area is 134 Å². The second kappa shape index (κ2) is 6.46. The predicted molar refractivity (Wildman–Crippen MR) is 84.8 cm³/mol. The van der Waals surface area contributed by atoms with E-state index in [9.17, 15) is 0 Å². The van der Waals surface area contributed by atoms with Crippen LogP contribution < -0.4 is 5.32 Å². The molecule has 2 heterocycles. The Morgan fingerprint density at radius 1 is 1.24 bits per heavy atom. The van der Waals surface area contributed by atoms with Crippen LogP contribution in [0.5, 0.6) is 0 Å². The fourth-order valence-electron chi connectivity index (χ4n) is 1.83. The van der Waals surface area contributed by atoms with Crippen LogP contribution in [0.15, 0.2) is 38.5 Å². The molecule has 0 saturated heterocycles. The first-order chi connectivity index (χ1) is 10.2. The summed E-state index contributed by atoms with van der Waals surface area (Å²) >= 11 is 5.12. The molecule has 0 atom stereocenters. The minimum Gasteiger partial charge on any atom is -0.419 e. The van der Waals surface area contributed by atoms with E-state index in [-0.39, 0.29) is 0 Å². The van der Waals surface area contributed by atoms with Gasteiger partial charge in [0.05, 0.1) is 12.1 Å². The Hall–Kier alpha value is -1.57. The van der Waals surface area contributed by atoms with E-state index < -0.39 is 0 Å². The fourth-order valence-corrected chi connectivity index (χ4v) is 3.02. The molecule has 3 rings (SSSR count). The van der Waals surface area contributed by atoms with Crippen molar-refractivity contribution in [3.8, 4) is 11.5 Å². The highest BCUT2D eigenvalue weighted by Crippen LogP contribution is 2.26. The van der Waals surface area contributed by atoms with E-state index in [0.717, 1.165) is 20.7 Å². The molecule has 0 fully saturated rings. The first-order valence-corrected chi connectivity index (χ1v) is 8.08. The highest BCUT2D eigenvalue weighted by molar-refractivity contribution is 9.10. The minimum absolute atomic E-state index is 0.518. The maximum atomic E-state index is 5.66. The van der Waals surface area contributed by atoms with Crippen LogP contribution in [0, 0.1) is 6.92 Å². The quantitative estimate of drug-likeness (QED) is 0.749. The van der Waals surface area contributed by atoms with Gasteiger partial charge in [0.1, 0.15) is 5.01 Å². The average Bonchev–Trinajstić information content (AvgIpc) is 3.09. The standard InChI is InChI=1S/C14H13BrN4OS/c1-9-8-21-13(17-9)7-16-6-12-18-19-14(20-12)10-4-2-3-5-11(10)15/h2-5,8,16H,6-7H2,1H3. The van der Waals surface area contributed by atoms with Gasteiger partial charge in [0.15, 0.2) is 0 Å². The third kappa shape index (κ3) is 3.55. The van der Waals surface area contributed by atoms with Gasteiger partial charge in [-0.3, -0.25) is 0 Å². The lowest BCUT2D eigenvalue weighted by Crippen LogP contribution is -2.12. The summed E-state index contributed by atoms with van der Waals surface area (Å²) in [5.74, 6) is 1.08. The molecule has 0 amide bonds. The summed E-state index contributed by atoms with van der Waals surface area (Å²) in [6, 6.07) is 7.77. The summed E-state index contributed by atoms with van der Waals surface area (Å²) in [5.41, 5.74) is 1.94. The van der Waals surface area contributed by atoms with Crippen molar-refractivity contribution in [3.63, 3.8) is 0 Å². The lowest BCUT2D eigenvalue weighted by molar-refractivity contribution is 0.477. The van der Waals surface area contributed by atoms with Crippen molar-refractivity contribution in [1.29, 1.82) is 0 Å². The molecule has 0 spiro atoms. The zero-order chi connectivity index (χ0) is 14.7. The molecular weight excluding hydrogens is 352 g/mol. The Bertz CT molecular complexity index is 740. The number of hydrogen-bond acceptors (Lipinski definition) is 6. The molecule has 0 bridgehead atoms. The first kappa shape index (κ1) is 14.4. The third-order valence-electron chi connectivity index (χ3n) is 2.79. The number of halogens is 1. The van der Waals surface area contributed by atoms with Crippen LogP contribution in [0.3, 0.4) is 0 Å². The van der Waals surface area contributed by atoms with Gasteiger partial charge in [-0.25, -0.2) is 4.98 Å². The number of nitrogens with zero attached hydrogens (tertiary/aromatic N) is 3. The number of aromatic nitrogens is 3. The molecule has 108 valence electrons. The van der Waals surface area contributed by atoms with Gasteiger partial charge in [0, 0.05) is 22.1 Å². The van der Waals surface area contributed by atoms with E-state index in [1.165, 1.54) is 0 Å². The zero-order valence-corrected chi connectivity index (χ0v) is 13.7. The maximum Gasteiger partial charge on any atom is 0.248 e. The van der Waals surface area contributed by atoms with Crippen LogP contribution in [0.2, 0.25) is 0 Å². The van der Waals surface area contributed by atoms with Crippen LogP contribution in [0.1, 0.15) is 16.6 Å². The Kier molecular flexibility index (Phi) is 4.42. The number of thiazole rings is 1. The number of hydrogen-bond donors (Lipinski definition) is 1. The molecular formula is C14H13BrN4OS. The second-order valence-corrected chi connectivity index (χ2v) is 6.26. The lowest BCUT2D eigenvalue weighted by atomic mass is 10.2. The predicted octanol–water partition coefficient (Wildman–Crippen LogP) is 3.55. The van der Waals surface area contributed by atoms with Gasteiger partial charge >= 0.3 is 0 Å². The van der Waals surface area contributed by atoms with E-state index in [0.29, 0.717) is 24.9 Å². The molecule has 0 aliphatic heterocycles. The summed E-state index contributed by atoms with van der Waals surface area (Å²) in [6.07, 6.45) is 0. The average molecular weight is 365 g/mol. The summed E-state index contributed by atoms with van der Waals surface area (Å²) in [5, 5.41) is 14.5. The summed E-state index contributed by atoms with van der Waals surface area (Å²) < 4.78 is 6.60. The maximum absolute atomic E-state index is 5.66. The van der Waals surface area contributed by atoms with E-state index in [1.807, 2.05) is 36.6 Å². The SMILES string of the molecule is Cc1csc(CNCc2nnc(-c3ccccc3Br)o2)n1. The Morgan fingerprint density at radius 3 is 2.86 bits per heavy atom.